The van der Waals surface area contributed by atoms with Gasteiger partial charge in [0, 0.05) is 11.8 Å². The first-order valence-corrected chi connectivity index (χ1v) is 6.59. The first kappa shape index (κ1) is 12.7. The fraction of sp³-hybridized carbons (Fsp3) is 0.273. The van der Waals surface area contributed by atoms with Crippen LogP contribution in [0.2, 0.25) is 0 Å². The van der Waals surface area contributed by atoms with Gasteiger partial charge in [-0.15, -0.1) is 0 Å². The number of benzene rings is 1. The largest absolute Gasteiger partial charge is 0.288 e. The summed E-state index contributed by atoms with van der Waals surface area (Å²) in [5, 5.41) is 0. The fourth-order valence-electron chi connectivity index (χ4n) is 1.35. The van der Waals surface area contributed by atoms with E-state index in [4.69, 9.17) is 0 Å². The monoisotopic (exact) mass is 243 g/mol. The van der Waals surface area contributed by atoms with Gasteiger partial charge in [-0.1, -0.05) is 17.2 Å². The van der Waals surface area contributed by atoms with Crippen molar-refractivity contribution in [1.29, 1.82) is 0 Å². The maximum atomic E-state index is 13.6. The average Bonchev–Trinajstić information content (AvgIpc) is 2.11. The Morgan fingerprint density at radius 3 is 2.19 bits per heavy atom. The second-order valence-electron chi connectivity index (χ2n) is 3.76. The van der Waals surface area contributed by atoms with Crippen LogP contribution in [-0.4, -0.2) is 14.7 Å². The van der Waals surface area contributed by atoms with E-state index in [2.05, 4.69) is 0 Å². The van der Waals surface area contributed by atoms with Crippen molar-refractivity contribution in [2.24, 2.45) is 0 Å². The molecule has 0 radical (unpaired) electrons. The molecule has 0 saturated heterocycles. The van der Waals surface area contributed by atoms with Crippen molar-refractivity contribution in [2.75, 3.05) is 6.26 Å². The standard InChI is InChI=1S/C11H14FNO2S/c1-8-4-9(2)6-10(5-8)11(12)7-13-16(3,14)15/h4-7,13H,1-3H3/b11-7+. The second kappa shape index (κ2) is 4.65. The smallest absolute Gasteiger partial charge is 0.229 e. The van der Waals surface area contributed by atoms with E-state index >= 15 is 0 Å². The lowest BCUT2D eigenvalue weighted by molar-refractivity contribution is 0.596. The van der Waals surface area contributed by atoms with Crippen LogP contribution in [0.4, 0.5) is 4.39 Å². The van der Waals surface area contributed by atoms with Crippen LogP contribution in [0, 0.1) is 13.8 Å². The third-order valence-corrected chi connectivity index (χ3v) is 2.44. The lowest BCUT2D eigenvalue weighted by Crippen LogP contribution is -2.15. The van der Waals surface area contributed by atoms with Crippen molar-refractivity contribution >= 4 is 15.9 Å². The van der Waals surface area contributed by atoms with Crippen LogP contribution in [0.25, 0.3) is 5.83 Å². The van der Waals surface area contributed by atoms with E-state index < -0.39 is 15.9 Å². The van der Waals surface area contributed by atoms with Gasteiger partial charge in [0.2, 0.25) is 10.0 Å². The molecule has 1 N–H and O–H groups in total. The first-order valence-electron chi connectivity index (χ1n) is 4.69. The van der Waals surface area contributed by atoms with Crippen LogP contribution in [0.3, 0.4) is 0 Å². The van der Waals surface area contributed by atoms with Crippen LogP contribution in [0.1, 0.15) is 16.7 Å². The van der Waals surface area contributed by atoms with Gasteiger partial charge in [-0.3, -0.25) is 4.72 Å². The van der Waals surface area contributed by atoms with Gasteiger partial charge in [-0.25, -0.2) is 12.8 Å². The van der Waals surface area contributed by atoms with E-state index in [-0.39, 0.29) is 0 Å². The summed E-state index contributed by atoms with van der Waals surface area (Å²) in [5.74, 6) is -0.600. The van der Waals surface area contributed by atoms with Gasteiger partial charge in [0.25, 0.3) is 0 Å². The van der Waals surface area contributed by atoms with Crippen molar-refractivity contribution in [3.63, 3.8) is 0 Å². The molecular weight excluding hydrogens is 229 g/mol. The van der Waals surface area contributed by atoms with Crippen LogP contribution < -0.4 is 4.72 Å². The number of aryl methyl sites for hydroxylation is 2. The summed E-state index contributed by atoms with van der Waals surface area (Å²) in [6, 6.07) is 5.23. The van der Waals surface area contributed by atoms with Crippen molar-refractivity contribution in [3.05, 3.63) is 41.1 Å². The maximum absolute atomic E-state index is 13.6. The molecule has 1 aromatic rings. The summed E-state index contributed by atoms with van der Waals surface area (Å²) in [5.41, 5.74) is 2.23. The van der Waals surface area contributed by atoms with Crippen LogP contribution >= 0.6 is 0 Å². The van der Waals surface area contributed by atoms with Gasteiger partial charge in [0.15, 0.2) is 0 Å². The van der Waals surface area contributed by atoms with Crippen LogP contribution in [-0.2, 0) is 10.0 Å². The minimum Gasteiger partial charge on any atom is -0.288 e. The van der Waals surface area contributed by atoms with Gasteiger partial charge in [0.05, 0.1) is 6.26 Å². The number of rotatable bonds is 3. The zero-order valence-electron chi connectivity index (χ0n) is 9.41. The lowest BCUT2D eigenvalue weighted by Gasteiger charge is -2.03. The van der Waals surface area contributed by atoms with Gasteiger partial charge in [-0.2, -0.15) is 0 Å². The molecule has 16 heavy (non-hydrogen) atoms. The molecule has 0 bridgehead atoms. The summed E-state index contributed by atoms with van der Waals surface area (Å²) in [7, 11) is -3.41. The molecule has 1 aromatic carbocycles. The third kappa shape index (κ3) is 4.02. The molecule has 3 nitrogen and oxygen atoms in total. The van der Waals surface area contributed by atoms with Crippen molar-refractivity contribution in [1.82, 2.24) is 4.72 Å². The third-order valence-electron chi connectivity index (χ3n) is 1.90. The molecule has 1 rings (SSSR count). The van der Waals surface area contributed by atoms with E-state index in [1.165, 1.54) is 0 Å². The molecule has 0 atom stereocenters. The second-order valence-corrected chi connectivity index (χ2v) is 5.54. The number of hydrogen-bond acceptors (Lipinski definition) is 2. The molecule has 0 fully saturated rings. The summed E-state index contributed by atoms with van der Waals surface area (Å²) in [4.78, 5) is 0. The number of nitrogens with one attached hydrogen (secondary N) is 1. The summed E-state index contributed by atoms with van der Waals surface area (Å²) in [6.45, 7) is 3.71. The molecule has 0 amide bonds. The van der Waals surface area contributed by atoms with Crippen molar-refractivity contribution in [3.8, 4) is 0 Å². The maximum Gasteiger partial charge on any atom is 0.229 e. The topological polar surface area (TPSA) is 46.2 Å². The van der Waals surface area contributed by atoms with E-state index in [0.29, 0.717) is 5.56 Å². The molecule has 5 heteroatoms. The number of sulfonamides is 1. The first-order chi connectivity index (χ1) is 7.28. The van der Waals surface area contributed by atoms with Crippen molar-refractivity contribution < 1.29 is 12.8 Å². The highest BCUT2D eigenvalue weighted by molar-refractivity contribution is 7.88. The predicted molar refractivity (Wildman–Crippen MR) is 63.0 cm³/mol. The Balaban J connectivity index is 3.00. The molecule has 0 aromatic heterocycles. The molecule has 88 valence electrons. The highest BCUT2D eigenvalue weighted by Crippen LogP contribution is 2.18. The summed E-state index contributed by atoms with van der Waals surface area (Å²) in [6.07, 6.45) is 1.82. The minimum absolute atomic E-state index is 0.369. The molecule has 0 heterocycles. The molecule has 0 saturated carbocycles. The van der Waals surface area contributed by atoms with Gasteiger partial charge >= 0.3 is 0 Å². The van der Waals surface area contributed by atoms with Gasteiger partial charge in [0.1, 0.15) is 5.83 Å². The lowest BCUT2D eigenvalue weighted by atomic mass is 10.1. The summed E-state index contributed by atoms with van der Waals surface area (Å²) >= 11 is 0. The Morgan fingerprint density at radius 2 is 1.75 bits per heavy atom. The van der Waals surface area contributed by atoms with Crippen molar-refractivity contribution in [2.45, 2.75) is 13.8 Å². The van der Waals surface area contributed by atoms with E-state index in [9.17, 15) is 12.8 Å². The van der Waals surface area contributed by atoms with Crippen LogP contribution in [0.15, 0.2) is 24.4 Å². The highest BCUT2D eigenvalue weighted by Gasteiger charge is 2.03. The molecule has 0 aliphatic rings. The molecular formula is C11H14FNO2S. The SMILES string of the molecule is Cc1cc(C)cc(/C(F)=C\NS(C)(=O)=O)c1. The van der Waals surface area contributed by atoms with E-state index in [1.807, 2.05) is 24.6 Å². The van der Waals surface area contributed by atoms with E-state index in [1.54, 1.807) is 12.1 Å². The van der Waals surface area contributed by atoms with E-state index in [0.717, 1.165) is 23.6 Å². The normalized spacial score (nSPS) is 12.6. The Kier molecular flexibility index (Phi) is 3.70. The Morgan fingerprint density at radius 1 is 1.25 bits per heavy atom. The highest BCUT2D eigenvalue weighted by atomic mass is 32.2. The molecule has 0 spiro atoms. The number of halogens is 1. The summed E-state index contributed by atoms with van der Waals surface area (Å²) < 4.78 is 37.1. The zero-order valence-corrected chi connectivity index (χ0v) is 10.2. The van der Waals surface area contributed by atoms with Crippen LogP contribution in [0.5, 0.6) is 0 Å². The van der Waals surface area contributed by atoms with Gasteiger partial charge in [-0.05, 0) is 26.0 Å². The minimum atomic E-state index is -3.41. The molecule has 0 aliphatic carbocycles. The molecule has 0 aliphatic heterocycles. The quantitative estimate of drug-likeness (QED) is 0.884. The number of hydrogen-bond donors (Lipinski definition) is 1. The predicted octanol–water partition coefficient (Wildman–Crippen LogP) is 2.12. The average molecular weight is 243 g/mol. The Labute approximate surface area is 95.0 Å². The Bertz CT molecular complexity index is 501. The Hall–Kier alpha value is -1.36. The molecule has 0 unspecified atom stereocenters. The van der Waals surface area contributed by atoms with Gasteiger partial charge < -0.3 is 0 Å². The zero-order chi connectivity index (χ0) is 12.3. The fourth-order valence-corrected chi connectivity index (χ4v) is 1.67.